The maximum Gasteiger partial charge on any atom is 0.329 e. The second-order valence-electron chi connectivity index (χ2n) is 6.08. The van der Waals surface area contributed by atoms with Gasteiger partial charge in [-0.2, -0.15) is 0 Å². The van der Waals surface area contributed by atoms with Gasteiger partial charge in [-0.15, -0.1) is 0 Å². The fraction of sp³-hybridized carbons (Fsp3) is 0.722. The van der Waals surface area contributed by atoms with Crippen LogP contribution in [-0.4, -0.2) is 35.3 Å². The number of esters is 1. The number of imide groups is 1. The number of nitrogens with zero attached hydrogens (tertiary/aromatic N) is 1. The molecule has 0 radical (unpaired) electrons. The quantitative estimate of drug-likeness (QED) is 0.432. The Bertz CT molecular complexity index is 426. The van der Waals surface area contributed by atoms with Crippen molar-refractivity contribution in [1.29, 1.82) is 0 Å². The molecular weight excluding hydrogens is 294 g/mol. The molecule has 0 N–H and O–H groups in total. The van der Waals surface area contributed by atoms with Gasteiger partial charge in [-0.3, -0.25) is 14.5 Å². The van der Waals surface area contributed by atoms with Gasteiger partial charge < -0.3 is 4.74 Å². The topological polar surface area (TPSA) is 63.7 Å². The van der Waals surface area contributed by atoms with Gasteiger partial charge in [0.05, 0.1) is 6.61 Å². The van der Waals surface area contributed by atoms with Crippen molar-refractivity contribution in [2.45, 2.75) is 71.8 Å². The van der Waals surface area contributed by atoms with Crippen molar-refractivity contribution in [1.82, 2.24) is 4.90 Å². The van der Waals surface area contributed by atoms with Crippen LogP contribution < -0.4 is 0 Å². The van der Waals surface area contributed by atoms with Gasteiger partial charge in [-0.05, 0) is 18.8 Å². The first-order chi connectivity index (χ1) is 11.0. The van der Waals surface area contributed by atoms with Crippen LogP contribution in [0.3, 0.4) is 0 Å². The molecule has 0 aromatic heterocycles. The number of carbonyl (C=O) groups excluding carboxylic acids is 3. The number of unbranched alkanes of at least 4 members (excludes halogenated alkanes) is 2. The smallest absolute Gasteiger partial charge is 0.329 e. The monoisotopic (exact) mass is 323 g/mol. The SMILES string of the molecule is CCCCC(CC)COC(=O)C(CCCC)N1C(=O)C=CC1=O. The van der Waals surface area contributed by atoms with Crippen LogP contribution in [0.2, 0.25) is 0 Å². The van der Waals surface area contributed by atoms with Gasteiger partial charge >= 0.3 is 5.97 Å². The van der Waals surface area contributed by atoms with Gasteiger partial charge in [0.1, 0.15) is 6.04 Å². The molecule has 0 aromatic rings. The molecule has 5 nitrogen and oxygen atoms in total. The molecule has 0 saturated heterocycles. The summed E-state index contributed by atoms with van der Waals surface area (Å²) in [6.45, 7) is 6.59. The third kappa shape index (κ3) is 5.81. The van der Waals surface area contributed by atoms with Crippen LogP contribution in [0.4, 0.5) is 0 Å². The van der Waals surface area contributed by atoms with Crippen molar-refractivity contribution in [3.8, 4) is 0 Å². The van der Waals surface area contributed by atoms with Crippen LogP contribution >= 0.6 is 0 Å². The first-order valence-corrected chi connectivity index (χ1v) is 8.76. The van der Waals surface area contributed by atoms with Crippen LogP contribution in [-0.2, 0) is 19.1 Å². The number of amides is 2. The van der Waals surface area contributed by atoms with Crippen LogP contribution in [0.1, 0.15) is 65.7 Å². The van der Waals surface area contributed by atoms with Gasteiger partial charge in [0.25, 0.3) is 11.8 Å². The molecule has 0 bridgehead atoms. The number of ether oxygens (including phenoxy) is 1. The summed E-state index contributed by atoms with van der Waals surface area (Å²) in [4.78, 5) is 37.1. The highest BCUT2D eigenvalue weighted by Gasteiger charge is 2.36. The first-order valence-electron chi connectivity index (χ1n) is 8.76. The molecule has 1 heterocycles. The molecule has 23 heavy (non-hydrogen) atoms. The lowest BCUT2D eigenvalue weighted by atomic mass is 10.0. The minimum atomic E-state index is -0.798. The standard InChI is InChI=1S/C18H29NO4/c1-4-7-9-14(6-3)13-23-18(22)15(10-8-5-2)19-16(20)11-12-17(19)21/h11-12,14-15H,4-10,13H2,1-3H3. The van der Waals surface area contributed by atoms with Crippen molar-refractivity contribution in [3.63, 3.8) is 0 Å². The number of rotatable bonds is 11. The van der Waals surface area contributed by atoms with Gasteiger partial charge in [0.15, 0.2) is 0 Å². The predicted molar refractivity (Wildman–Crippen MR) is 88.6 cm³/mol. The molecule has 5 heteroatoms. The normalized spacial score (nSPS) is 16.7. The summed E-state index contributed by atoms with van der Waals surface area (Å²) in [7, 11) is 0. The minimum absolute atomic E-state index is 0.342. The van der Waals surface area contributed by atoms with E-state index in [2.05, 4.69) is 13.8 Å². The van der Waals surface area contributed by atoms with Crippen molar-refractivity contribution < 1.29 is 19.1 Å². The molecule has 1 rings (SSSR count). The molecule has 2 atom stereocenters. The average molecular weight is 323 g/mol. The van der Waals surface area contributed by atoms with Crippen molar-refractivity contribution in [2.24, 2.45) is 5.92 Å². The van der Waals surface area contributed by atoms with E-state index in [1.54, 1.807) is 0 Å². The van der Waals surface area contributed by atoms with E-state index in [4.69, 9.17) is 4.74 Å². The van der Waals surface area contributed by atoms with E-state index in [0.717, 1.165) is 43.4 Å². The highest BCUT2D eigenvalue weighted by Crippen LogP contribution is 2.18. The summed E-state index contributed by atoms with van der Waals surface area (Å²) in [6.07, 6.45) is 8.76. The molecule has 0 fully saturated rings. The highest BCUT2D eigenvalue weighted by molar-refractivity contribution is 6.14. The first kappa shape index (κ1) is 19.4. The third-order valence-corrected chi connectivity index (χ3v) is 4.26. The van der Waals surface area contributed by atoms with Crippen molar-refractivity contribution in [2.75, 3.05) is 6.61 Å². The zero-order valence-electron chi connectivity index (χ0n) is 14.5. The van der Waals surface area contributed by atoms with E-state index >= 15 is 0 Å². The second kappa shape index (κ2) is 10.2. The van der Waals surface area contributed by atoms with Crippen LogP contribution in [0, 0.1) is 5.92 Å². The Hall–Kier alpha value is -1.65. The van der Waals surface area contributed by atoms with E-state index in [0.29, 0.717) is 18.9 Å². The largest absolute Gasteiger partial charge is 0.464 e. The number of hydrogen-bond acceptors (Lipinski definition) is 4. The Morgan fingerprint density at radius 1 is 1.04 bits per heavy atom. The fourth-order valence-corrected chi connectivity index (χ4v) is 2.66. The van der Waals surface area contributed by atoms with Crippen LogP contribution in [0.15, 0.2) is 12.2 Å². The zero-order chi connectivity index (χ0) is 17.2. The second-order valence-corrected chi connectivity index (χ2v) is 6.08. The van der Waals surface area contributed by atoms with E-state index in [1.807, 2.05) is 6.92 Å². The van der Waals surface area contributed by atoms with Crippen LogP contribution in [0.5, 0.6) is 0 Å². The molecule has 1 aliphatic rings. The molecule has 0 saturated carbocycles. The molecule has 2 amide bonds. The maximum absolute atomic E-state index is 12.4. The Morgan fingerprint density at radius 2 is 1.61 bits per heavy atom. The summed E-state index contributed by atoms with van der Waals surface area (Å²) in [6, 6.07) is -0.798. The Kier molecular flexibility index (Phi) is 8.59. The number of hydrogen-bond donors (Lipinski definition) is 0. The maximum atomic E-state index is 12.4. The molecule has 130 valence electrons. The summed E-state index contributed by atoms with van der Waals surface area (Å²) >= 11 is 0. The lowest BCUT2D eigenvalue weighted by molar-refractivity contribution is -0.159. The molecule has 0 spiro atoms. The zero-order valence-corrected chi connectivity index (χ0v) is 14.5. The summed E-state index contributed by atoms with van der Waals surface area (Å²) in [5.74, 6) is -0.968. The minimum Gasteiger partial charge on any atom is -0.464 e. The lowest BCUT2D eigenvalue weighted by Gasteiger charge is -2.25. The summed E-state index contributed by atoms with van der Waals surface area (Å²) in [5, 5.41) is 0. The fourth-order valence-electron chi connectivity index (χ4n) is 2.66. The molecule has 1 aliphatic heterocycles. The lowest BCUT2D eigenvalue weighted by Crippen LogP contribution is -2.46. The molecule has 0 aliphatic carbocycles. The van der Waals surface area contributed by atoms with E-state index in [-0.39, 0.29) is 0 Å². The Morgan fingerprint density at radius 3 is 2.13 bits per heavy atom. The number of carbonyl (C=O) groups is 3. The summed E-state index contributed by atoms with van der Waals surface area (Å²) < 4.78 is 5.45. The van der Waals surface area contributed by atoms with Gasteiger partial charge in [-0.25, -0.2) is 4.79 Å². The molecular formula is C18H29NO4. The van der Waals surface area contributed by atoms with Gasteiger partial charge in [0, 0.05) is 12.2 Å². The van der Waals surface area contributed by atoms with E-state index in [1.165, 1.54) is 12.2 Å². The average Bonchev–Trinajstić information content (AvgIpc) is 2.87. The Balaban J connectivity index is 2.65. The van der Waals surface area contributed by atoms with Crippen molar-refractivity contribution in [3.05, 3.63) is 12.2 Å². The molecule has 0 aromatic carbocycles. The highest BCUT2D eigenvalue weighted by atomic mass is 16.5. The van der Waals surface area contributed by atoms with Crippen LogP contribution in [0.25, 0.3) is 0 Å². The van der Waals surface area contributed by atoms with E-state index < -0.39 is 23.8 Å². The van der Waals surface area contributed by atoms with Gasteiger partial charge in [0.2, 0.25) is 0 Å². The third-order valence-electron chi connectivity index (χ3n) is 4.26. The Labute approximate surface area is 139 Å². The molecule has 2 unspecified atom stereocenters. The van der Waals surface area contributed by atoms with E-state index in [9.17, 15) is 14.4 Å². The predicted octanol–water partition coefficient (Wildman–Crippen LogP) is 3.23. The van der Waals surface area contributed by atoms with Gasteiger partial charge in [-0.1, -0.05) is 52.9 Å². The summed E-state index contributed by atoms with van der Waals surface area (Å²) in [5.41, 5.74) is 0. The van der Waals surface area contributed by atoms with Crippen molar-refractivity contribution >= 4 is 17.8 Å².